The molecule has 10 nitrogen and oxygen atoms in total. The van der Waals surface area contributed by atoms with Crippen LogP contribution in [0.4, 0.5) is 11.4 Å². The van der Waals surface area contributed by atoms with Gasteiger partial charge in [-0.15, -0.1) is 0 Å². The topological polar surface area (TPSA) is 114 Å². The van der Waals surface area contributed by atoms with E-state index < -0.39 is 5.60 Å². The molecule has 4 aromatic heterocycles. The number of nitrogens with one attached hydrogen (secondary N) is 2. The van der Waals surface area contributed by atoms with Gasteiger partial charge in [-0.1, -0.05) is 23.2 Å². The number of pyridine rings is 1. The van der Waals surface area contributed by atoms with Crippen LogP contribution in [0.25, 0.3) is 11.5 Å². The van der Waals surface area contributed by atoms with Gasteiger partial charge < -0.3 is 20.5 Å². The number of fused-ring (bicyclic) bond motifs is 1. The molecule has 0 aromatic carbocycles. The van der Waals surface area contributed by atoms with Crippen LogP contribution in [0.15, 0.2) is 36.8 Å². The lowest BCUT2D eigenvalue weighted by Crippen LogP contribution is -2.22. The third-order valence-corrected chi connectivity index (χ3v) is 6.08. The standard InChI is InChI=1S/C23H26Cl2N8O2S/c1-13(35-4)20-17(12-26-19-10-18(25)31-33(19)20)29-22(36)28-15-9-16(24)21(27-11-15)32-8-6-14(30-32)5-7-23(2,3)34/h6,8-13,34H,5,7H2,1-4H3,(H2,28,29,36)/t13-/m0/s1. The molecule has 4 heterocycles. The van der Waals surface area contributed by atoms with E-state index in [4.69, 9.17) is 40.2 Å². The van der Waals surface area contributed by atoms with Crippen LogP contribution in [0.1, 0.15) is 44.7 Å². The second-order valence-electron chi connectivity index (χ2n) is 8.84. The number of ether oxygens (including phenoxy) is 1. The van der Waals surface area contributed by atoms with Crippen molar-refractivity contribution in [3.05, 3.63) is 58.4 Å². The number of methoxy groups -OCH3 is 1. The highest BCUT2D eigenvalue weighted by Gasteiger charge is 2.19. The molecule has 4 rings (SSSR count). The fourth-order valence-electron chi connectivity index (χ4n) is 3.52. The van der Waals surface area contributed by atoms with Gasteiger partial charge in [0.25, 0.3) is 0 Å². The Balaban J connectivity index is 1.48. The molecular weight excluding hydrogens is 523 g/mol. The first kappa shape index (κ1) is 26.2. The first-order chi connectivity index (χ1) is 17.0. The third kappa shape index (κ3) is 6.11. The molecule has 0 aliphatic rings. The van der Waals surface area contributed by atoms with Crippen LogP contribution in [-0.4, -0.2) is 52.3 Å². The molecular formula is C23H26Cl2N8O2S. The van der Waals surface area contributed by atoms with Gasteiger partial charge >= 0.3 is 0 Å². The Morgan fingerprint density at radius 3 is 2.67 bits per heavy atom. The summed E-state index contributed by atoms with van der Waals surface area (Å²) in [5.41, 5.74) is 2.59. The number of anilines is 2. The van der Waals surface area contributed by atoms with Crippen molar-refractivity contribution >= 4 is 57.6 Å². The van der Waals surface area contributed by atoms with Crippen LogP contribution in [-0.2, 0) is 11.2 Å². The molecule has 0 spiro atoms. The summed E-state index contributed by atoms with van der Waals surface area (Å²) in [5.74, 6) is 0.483. The summed E-state index contributed by atoms with van der Waals surface area (Å²) in [5, 5.41) is 26.0. The summed E-state index contributed by atoms with van der Waals surface area (Å²) < 4.78 is 8.74. The van der Waals surface area contributed by atoms with Gasteiger partial charge in [0.05, 0.1) is 51.9 Å². The van der Waals surface area contributed by atoms with Gasteiger partial charge in [-0.2, -0.15) is 10.2 Å². The van der Waals surface area contributed by atoms with Gasteiger partial charge in [-0.3, -0.25) is 0 Å². The summed E-state index contributed by atoms with van der Waals surface area (Å²) in [6, 6.07) is 5.26. The Hall–Kier alpha value is -2.83. The largest absolute Gasteiger partial charge is 0.390 e. The number of nitrogens with zero attached hydrogens (tertiary/aromatic N) is 6. The molecule has 0 bridgehead atoms. The Labute approximate surface area is 223 Å². The van der Waals surface area contributed by atoms with Gasteiger partial charge in [0, 0.05) is 19.4 Å². The van der Waals surface area contributed by atoms with E-state index in [0.717, 1.165) is 5.69 Å². The highest BCUT2D eigenvalue weighted by Crippen LogP contribution is 2.27. The van der Waals surface area contributed by atoms with Crippen molar-refractivity contribution < 1.29 is 9.84 Å². The van der Waals surface area contributed by atoms with E-state index in [-0.39, 0.29) is 6.10 Å². The fraction of sp³-hybridized carbons (Fsp3) is 0.348. The SMILES string of the molecule is CO[C@@H](C)c1c(NC(=S)Nc2cnc(-n3ccc(CCC(C)(C)O)n3)c(Cl)c2)cnc2cc(Cl)nn12. The van der Waals surface area contributed by atoms with E-state index in [9.17, 15) is 5.11 Å². The van der Waals surface area contributed by atoms with E-state index in [0.29, 0.717) is 56.7 Å². The van der Waals surface area contributed by atoms with E-state index in [1.165, 1.54) is 0 Å². The molecule has 0 unspecified atom stereocenters. The van der Waals surface area contributed by atoms with E-state index >= 15 is 0 Å². The average molecular weight is 549 g/mol. The molecule has 13 heteroatoms. The van der Waals surface area contributed by atoms with Crippen molar-refractivity contribution in [1.82, 2.24) is 29.4 Å². The molecule has 190 valence electrons. The second kappa shape index (κ2) is 10.7. The van der Waals surface area contributed by atoms with Crippen LogP contribution in [0.2, 0.25) is 10.2 Å². The molecule has 0 aliphatic heterocycles. The molecule has 1 atom stereocenters. The van der Waals surface area contributed by atoms with Gasteiger partial charge in [-0.05, 0) is 58.0 Å². The van der Waals surface area contributed by atoms with Gasteiger partial charge in [-0.25, -0.2) is 19.2 Å². The minimum atomic E-state index is -0.755. The maximum atomic E-state index is 9.94. The summed E-state index contributed by atoms with van der Waals surface area (Å²) in [6.07, 6.45) is 5.97. The molecule has 0 aliphatic carbocycles. The lowest BCUT2D eigenvalue weighted by molar-refractivity contribution is 0.0711. The molecule has 0 radical (unpaired) electrons. The molecule has 0 fully saturated rings. The van der Waals surface area contributed by atoms with Gasteiger partial charge in [0.2, 0.25) is 0 Å². The van der Waals surface area contributed by atoms with Crippen molar-refractivity contribution in [2.75, 3.05) is 17.7 Å². The Morgan fingerprint density at radius 2 is 1.97 bits per heavy atom. The zero-order chi connectivity index (χ0) is 26.0. The number of hydrogen-bond acceptors (Lipinski definition) is 7. The first-order valence-corrected chi connectivity index (χ1v) is 12.3. The van der Waals surface area contributed by atoms with Gasteiger partial charge in [0.1, 0.15) is 0 Å². The third-order valence-electron chi connectivity index (χ3n) is 5.41. The normalized spacial score (nSPS) is 12.6. The summed E-state index contributed by atoms with van der Waals surface area (Å²) in [7, 11) is 1.60. The van der Waals surface area contributed by atoms with E-state index in [1.807, 2.05) is 13.0 Å². The molecule has 36 heavy (non-hydrogen) atoms. The van der Waals surface area contributed by atoms with E-state index in [2.05, 4.69) is 30.8 Å². The number of aliphatic hydroxyl groups is 1. The van der Waals surface area contributed by atoms with Crippen LogP contribution >= 0.6 is 35.4 Å². The summed E-state index contributed by atoms with van der Waals surface area (Å²) in [4.78, 5) is 8.82. The monoisotopic (exact) mass is 548 g/mol. The van der Waals surface area contributed by atoms with Crippen LogP contribution in [0.3, 0.4) is 0 Å². The highest BCUT2D eigenvalue weighted by atomic mass is 35.5. The van der Waals surface area contributed by atoms with Crippen molar-refractivity contribution in [1.29, 1.82) is 0 Å². The minimum absolute atomic E-state index is 0.303. The zero-order valence-corrected chi connectivity index (χ0v) is 22.5. The quantitative estimate of drug-likeness (QED) is 0.266. The Bertz CT molecular complexity index is 1400. The Morgan fingerprint density at radius 1 is 1.19 bits per heavy atom. The lowest BCUT2D eigenvalue weighted by Gasteiger charge is -2.18. The number of rotatable bonds is 8. The molecule has 3 N–H and O–H groups in total. The molecule has 4 aromatic rings. The van der Waals surface area contributed by atoms with Crippen molar-refractivity contribution in [3.8, 4) is 5.82 Å². The zero-order valence-electron chi connectivity index (χ0n) is 20.2. The number of thiocarbonyl (C=S) groups is 1. The number of aryl methyl sites for hydroxylation is 1. The first-order valence-electron chi connectivity index (χ1n) is 11.1. The van der Waals surface area contributed by atoms with Gasteiger partial charge in [0.15, 0.2) is 21.7 Å². The lowest BCUT2D eigenvalue weighted by atomic mass is 10.0. The van der Waals surface area contributed by atoms with Crippen molar-refractivity contribution in [2.24, 2.45) is 0 Å². The molecule has 0 amide bonds. The minimum Gasteiger partial charge on any atom is -0.390 e. The fourth-order valence-corrected chi connectivity index (χ4v) is 4.18. The maximum Gasteiger partial charge on any atom is 0.175 e. The Kier molecular flexibility index (Phi) is 7.76. The predicted molar refractivity (Wildman–Crippen MR) is 144 cm³/mol. The molecule has 0 saturated heterocycles. The van der Waals surface area contributed by atoms with Crippen LogP contribution < -0.4 is 10.6 Å². The van der Waals surface area contributed by atoms with Crippen molar-refractivity contribution in [2.45, 2.75) is 45.3 Å². The van der Waals surface area contributed by atoms with Crippen molar-refractivity contribution in [3.63, 3.8) is 0 Å². The van der Waals surface area contributed by atoms with E-state index in [1.54, 1.807) is 60.9 Å². The number of hydrogen-bond donors (Lipinski definition) is 3. The molecule has 0 saturated carbocycles. The second-order valence-corrected chi connectivity index (χ2v) is 10.0. The maximum absolute atomic E-state index is 9.94. The smallest absolute Gasteiger partial charge is 0.175 e. The summed E-state index contributed by atoms with van der Waals surface area (Å²) >= 11 is 18.1. The predicted octanol–water partition coefficient (Wildman–Crippen LogP) is 4.84. The highest BCUT2D eigenvalue weighted by molar-refractivity contribution is 7.80. The number of halogens is 2. The average Bonchev–Trinajstić information content (AvgIpc) is 3.42. The van der Waals surface area contributed by atoms with Crippen LogP contribution in [0, 0.1) is 0 Å². The van der Waals surface area contributed by atoms with Crippen LogP contribution in [0.5, 0.6) is 0 Å². The summed E-state index contributed by atoms with van der Waals surface area (Å²) in [6.45, 7) is 5.43. The number of aromatic nitrogens is 6.